The van der Waals surface area contributed by atoms with Crippen LogP contribution in [-0.4, -0.2) is 26.7 Å². The normalized spacial score (nSPS) is 25.2. The average molecular weight is 274 g/mol. The molecule has 1 aliphatic heterocycles. The summed E-state index contributed by atoms with van der Waals surface area (Å²) < 4.78 is 2.18. The lowest BCUT2D eigenvalue weighted by atomic mass is 9.93. The second-order valence-electron chi connectivity index (χ2n) is 5.72. The van der Waals surface area contributed by atoms with Crippen LogP contribution in [0.2, 0.25) is 0 Å². The molecule has 0 radical (unpaired) electrons. The molecule has 0 fully saturated rings. The van der Waals surface area contributed by atoms with Crippen LogP contribution in [0.15, 0.2) is 12.2 Å². The molecule has 1 N–H and O–H groups in total. The van der Waals surface area contributed by atoms with Crippen LogP contribution < -0.4 is 5.32 Å². The fraction of sp³-hybridized carbons (Fsp3) is 0.667. The number of hydrogen-bond donors (Lipinski definition) is 1. The minimum absolute atomic E-state index is 0.160. The fourth-order valence-corrected chi connectivity index (χ4v) is 3.11. The highest BCUT2D eigenvalue weighted by molar-refractivity contribution is 5.79. The molecule has 0 saturated carbocycles. The number of nitrogens with one attached hydrogen (secondary N) is 1. The van der Waals surface area contributed by atoms with Crippen molar-refractivity contribution >= 4 is 5.91 Å². The van der Waals surface area contributed by atoms with E-state index in [1.165, 1.54) is 0 Å². The zero-order valence-electron chi connectivity index (χ0n) is 12.0. The van der Waals surface area contributed by atoms with Gasteiger partial charge in [0.25, 0.3) is 0 Å². The van der Waals surface area contributed by atoms with Gasteiger partial charge in [0.05, 0.1) is 0 Å². The first-order chi connectivity index (χ1) is 9.78. The van der Waals surface area contributed by atoms with E-state index >= 15 is 0 Å². The van der Waals surface area contributed by atoms with Gasteiger partial charge in [-0.25, -0.2) is 0 Å². The van der Waals surface area contributed by atoms with Crippen molar-refractivity contribution in [2.45, 2.75) is 58.0 Å². The van der Waals surface area contributed by atoms with Crippen LogP contribution in [0.1, 0.15) is 44.3 Å². The van der Waals surface area contributed by atoms with Crippen LogP contribution in [0.5, 0.6) is 0 Å². The van der Waals surface area contributed by atoms with E-state index in [-0.39, 0.29) is 17.9 Å². The Kier molecular flexibility index (Phi) is 3.85. The van der Waals surface area contributed by atoms with Crippen molar-refractivity contribution in [3.05, 3.63) is 23.8 Å². The van der Waals surface area contributed by atoms with E-state index in [9.17, 15) is 4.79 Å². The van der Waals surface area contributed by atoms with Crippen LogP contribution in [0.25, 0.3) is 0 Å². The summed E-state index contributed by atoms with van der Waals surface area (Å²) in [7, 11) is 0. The molecule has 1 aliphatic carbocycles. The van der Waals surface area contributed by atoms with E-state index in [4.69, 9.17) is 0 Å². The van der Waals surface area contributed by atoms with Crippen LogP contribution in [0, 0.1) is 5.92 Å². The van der Waals surface area contributed by atoms with E-state index in [1.54, 1.807) is 0 Å². The molecule has 0 spiro atoms. The zero-order valence-corrected chi connectivity index (χ0v) is 12.0. The van der Waals surface area contributed by atoms with Gasteiger partial charge in [-0.05, 0) is 25.7 Å². The molecule has 2 aliphatic rings. The van der Waals surface area contributed by atoms with Gasteiger partial charge in [-0.2, -0.15) is 0 Å². The smallest absolute Gasteiger partial charge is 0.223 e. The van der Waals surface area contributed by atoms with Gasteiger partial charge in [-0.15, -0.1) is 10.2 Å². The van der Waals surface area contributed by atoms with E-state index in [2.05, 4.69) is 39.2 Å². The first-order valence-electron chi connectivity index (χ1n) is 7.64. The molecule has 1 aromatic rings. The van der Waals surface area contributed by atoms with Crippen molar-refractivity contribution in [2.24, 2.45) is 5.92 Å². The van der Waals surface area contributed by atoms with Crippen LogP contribution in [-0.2, 0) is 24.2 Å². The van der Waals surface area contributed by atoms with Crippen molar-refractivity contribution in [3.8, 4) is 0 Å². The van der Waals surface area contributed by atoms with E-state index in [1.807, 2.05) is 0 Å². The summed E-state index contributed by atoms with van der Waals surface area (Å²) in [5.41, 5.74) is 0. The van der Waals surface area contributed by atoms with Gasteiger partial charge in [0.2, 0.25) is 5.91 Å². The lowest BCUT2D eigenvalue weighted by Gasteiger charge is -2.27. The number of aromatic nitrogens is 3. The maximum Gasteiger partial charge on any atom is 0.223 e. The monoisotopic (exact) mass is 274 g/mol. The minimum Gasteiger partial charge on any atom is -0.351 e. The highest BCUT2D eigenvalue weighted by Crippen LogP contribution is 2.20. The maximum atomic E-state index is 12.3. The standard InChI is InChI=1S/C15H22N4O/c1-2-13-17-18-14-9-8-12(10-19(13)14)16-15(20)11-6-4-3-5-7-11/h3-4,11-12H,2,5-10H2,1H3,(H,16,20). The number of allylic oxidation sites excluding steroid dienone is 2. The molecule has 5 heteroatoms. The number of fused-ring (bicyclic) bond motifs is 1. The van der Waals surface area contributed by atoms with Crippen LogP contribution in [0.3, 0.4) is 0 Å². The van der Waals surface area contributed by atoms with Crippen molar-refractivity contribution in [1.29, 1.82) is 0 Å². The minimum atomic E-state index is 0.160. The van der Waals surface area contributed by atoms with E-state index in [0.717, 1.165) is 56.7 Å². The largest absolute Gasteiger partial charge is 0.351 e. The summed E-state index contributed by atoms with van der Waals surface area (Å²) in [5, 5.41) is 11.7. The SMILES string of the molecule is CCc1nnc2n1CC(NC(=O)C1CC=CCC1)CC2. The lowest BCUT2D eigenvalue weighted by molar-refractivity contribution is -0.126. The topological polar surface area (TPSA) is 59.8 Å². The summed E-state index contributed by atoms with van der Waals surface area (Å²) in [6.07, 6.45) is 9.95. The van der Waals surface area contributed by atoms with Gasteiger partial charge < -0.3 is 9.88 Å². The van der Waals surface area contributed by atoms with Crippen LogP contribution >= 0.6 is 0 Å². The average Bonchev–Trinajstić information content (AvgIpc) is 2.90. The Morgan fingerprint density at radius 2 is 2.30 bits per heavy atom. The van der Waals surface area contributed by atoms with E-state index in [0.29, 0.717) is 0 Å². The Morgan fingerprint density at radius 1 is 1.40 bits per heavy atom. The van der Waals surface area contributed by atoms with Gasteiger partial charge in [0, 0.05) is 31.3 Å². The second-order valence-corrected chi connectivity index (χ2v) is 5.72. The van der Waals surface area contributed by atoms with Crippen molar-refractivity contribution in [3.63, 3.8) is 0 Å². The zero-order chi connectivity index (χ0) is 13.9. The van der Waals surface area contributed by atoms with Gasteiger partial charge in [-0.1, -0.05) is 19.1 Å². The number of rotatable bonds is 3. The number of carbonyl (C=O) groups is 1. The maximum absolute atomic E-state index is 12.3. The molecule has 20 heavy (non-hydrogen) atoms. The van der Waals surface area contributed by atoms with Gasteiger partial charge in [-0.3, -0.25) is 4.79 Å². The number of nitrogens with zero attached hydrogens (tertiary/aromatic N) is 3. The Morgan fingerprint density at radius 3 is 3.05 bits per heavy atom. The Hall–Kier alpha value is -1.65. The highest BCUT2D eigenvalue weighted by atomic mass is 16.1. The van der Waals surface area contributed by atoms with Gasteiger partial charge in [0.1, 0.15) is 11.6 Å². The second kappa shape index (κ2) is 5.77. The molecule has 2 atom stereocenters. The molecule has 3 rings (SSSR count). The molecule has 2 unspecified atom stereocenters. The molecule has 108 valence electrons. The lowest BCUT2D eigenvalue weighted by Crippen LogP contribution is -2.44. The molecular formula is C15H22N4O. The molecule has 5 nitrogen and oxygen atoms in total. The number of carbonyl (C=O) groups excluding carboxylic acids is 1. The third-order valence-electron chi connectivity index (χ3n) is 4.33. The highest BCUT2D eigenvalue weighted by Gasteiger charge is 2.26. The van der Waals surface area contributed by atoms with E-state index < -0.39 is 0 Å². The summed E-state index contributed by atoms with van der Waals surface area (Å²) in [6, 6.07) is 0.224. The molecule has 0 bridgehead atoms. The Bertz CT molecular complexity index is 506. The summed E-state index contributed by atoms with van der Waals surface area (Å²) >= 11 is 0. The number of amides is 1. The predicted molar refractivity (Wildman–Crippen MR) is 76.1 cm³/mol. The number of aryl methyl sites for hydroxylation is 2. The number of hydrogen-bond acceptors (Lipinski definition) is 3. The predicted octanol–water partition coefficient (Wildman–Crippen LogP) is 1.63. The third kappa shape index (κ3) is 2.62. The molecule has 0 saturated heterocycles. The van der Waals surface area contributed by atoms with Crippen LogP contribution in [0.4, 0.5) is 0 Å². The van der Waals surface area contributed by atoms with Gasteiger partial charge >= 0.3 is 0 Å². The first kappa shape index (κ1) is 13.3. The molecular weight excluding hydrogens is 252 g/mol. The van der Waals surface area contributed by atoms with Crippen molar-refractivity contribution < 1.29 is 4.79 Å². The quantitative estimate of drug-likeness (QED) is 0.852. The molecule has 1 aromatic heterocycles. The van der Waals surface area contributed by atoms with Gasteiger partial charge in [0.15, 0.2) is 0 Å². The van der Waals surface area contributed by atoms with Crippen molar-refractivity contribution in [2.75, 3.05) is 0 Å². The summed E-state index contributed by atoms with van der Waals surface area (Å²) in [5.74, 6) is 2.47. The Labute approximate surface area is 119 Å². The molecule has 0 aromatic carbocycles. The fourth-order valence-electron chi connectivity index (χ4n) is 3.11. The Balaban J connectivity index is 1.62. The summed E-state index contributed by atoms with van der Waals surface area (Å²) in [4.78, 5) is 12.3. The summed E-state index contributed by atoms with van der Waals surface area (Å²) in [6.45, 7) is 2.91. The van der Waals surface area contributed by atoms with Crippen molar-refractivity contribution in [1.82, 2.24) is 20.1 Å². The third-order valence-corrected chi connectivity index (χ3v) is 4.33. The first-order valence-corrected chi connectivity index (χ1v) is 7.64. The molecule has 2 heterocycles. The molecule has 1 amide bonds.